The van der Waals surface area contributed by atoms with E-state index in [2.05, 4.69) is 0 Å². The number of likely N-dealkylation sites (N-methyl/N-ethyl adjacent to an activating group) is 1. The third-order valence-corrected chi connectivity index (χ3v) is 2.93. The van der Waals surface area contributed by atoms with Crippen molar-refractivity contribution in [2.75, 3.05) is 25.2 Å². The molecule has 0 radical (unpaired) electrons. The summed E-state index contributed by atoms with van der Waals surface area (Å²) in [4.78, 5) is 12.3. The van der Waals surface area contributed by atoms with Crippen LogP contribution in [0.25, 0.3) is 0 Å². The maximum absolute atomic E-state index is 10.9. The molecule has 1 unspecified atom stereocenters. The number of ether oxygens (including phenoxy) is 1. The molecule has 0 aliphatic rings. The second kappa shape index (κ2) is 6.94. The topological polar surface area (TPSA) is 75.8 Å². The first-order valence-corrected chi connectivity index (χ1v) is 6.26. The molecule has 1 rings (SSSR count). The molecule has 106 valence electrons. The van der Waals surface area contributed by atoms with Crippen LogP contribution in [0.2, 0.25) is 0 Å². The Balaban J connectivity index is 3.06. The molecule has 0 fully saturated rings. The quantitative estimate of drug-likeness (QED) is 0.606. The number of hydrogen-bond donors (Lipinski definition) is 1. The molecule has 0 heterocycles. The normalized spacial score (nSPS) is 12.0. The van der Waals surface area contributed by atoms with Gasteiger partial charge in [-0.1, -0.05) is 6.92 Å². The Bertz CT molecular complexity index is 437. The number of anilines is 1. The van der Waals surface area contributed by atoms with Gasteiger partial charge in [0.15, 0.2) is 5.75 Å². The smallest absolute Gasteiger partial charge is 0.311 e. The highest BCUT2D eigenvalue weighted by atomic mass is 16.6. The summed E-state index contributed by atoms with van der Waals surface area (Å²) in [5.41, 5.74) is 0.737. The minimum Gasteiger partial charge on any atom is -0.487 e. The van der Waals surface area contributed by atoms with E-state index < -0.39 is 4.92 Å². The van der Waals surface area contributed by atoms with Crippen LogP contribution in [-0.2, 0) is 0 Å². The van der Waals surface area contributed by atoms with E-state index in [9.17, 15) is 10.1 Å². The van der Waals surface area contributed by atoms with Crippen LogP contribution in [0, 0.1) is 10.1 Å². The summed E-state index contributed by atoms with van der Waals surface area (Å²) in [5.74, 6) is 0.265. The van der Waals surface area contributed by atoms with Crippen LogP contribution in [0.15, 0.2) is 18.2 Å². The Labute approximate surface area is 112 Å². The Hall–Kier alpha value is -1.82. The van der Waals surface area contributed by atoms with Crippen LogP contribution >= 0.6 is 0 Å². The number of benzene rings is 1. The lowest BCUT2D eigenvalue weighted by Crippen LogP contribution is -2.31. The van der Waals surface area contributed by atoms with Gasteiger partial charge in [-0.3, -0.25) is 10.1 Å². The zero-order valence-corrected chi connectivity index (χ0v) is 11.5. The number of hydrogen-bond acceptors (Lipinski definition) is 5. The van der Waals surface area contributed by atoms with Gasteiger partial charge in [-0.25, -0.2) is 0 Å². The number of nitro groups is 1. The second-order valence-electron chi connectivity index (χ2n) is 4.40. The molecule has 0 aromatic heterocycles. The Morgan fingerprint density at radius 1 is 1.53 bits per heavy atom. The van der Waals surface area contributed by atoms with Gasteiger partial charge < -0.3 is 14.7 Å². The average Bonchev–Trinajstić information content (AvgIpc) is 2.42. The molecule has 0 aliphatic carbocycles. The van der Waals surface area contributed by atoms with Crippen molar-refractivity contribution in [1.82, 2.24) is 0 Å². The number of nitro benzene ring substituents is 1. The van der Waals surface area contributed by atoms with Crippen molar-refractivity contribution in [3.63, 3.8) is 0 Å². The molecule has 0 amide bonds. The fourth-order valence-electron chi connectivity index (χ4n) is 1.58. The summed E-state index contributed by atoms with van der Waals surface area (Å²) < 4.78 is 5.42. The van der Waals surface area contributed by atoms with Crippen molar-refractivity contribution >= 4 is 11.4 Å². The molecule has 0 bridgehead atoms. The van der Waals surface area contributed by atoms with Crippen molar-refractivity contribution in [2.45, 2.75) is 26.3 Å². The molecule has 1 N–H and O–H groups in total. The molecule has 1 atom stereocenters. The summed E-state index contributed by atoms with van der Waals surface area (Å²) in [7, 11) is 1.83. The van der Waals surface area contributed by atoms with Gasteiger partial charge in [0.05, 0.1) is 18.1 Å². The van der Waals surface area contributed by atoms with Crippen molar-refractivity contribution in [1.29, 1.82) is 0 Å². The van der Waals surface area contributed by atoms with E-state index in [1.807, 2.05) is 25.8 Å². The number of nitrogens with zero attached hydrogens (tertiary/aromatic N) is 2. The molecule has 19 heavy (non-hydrogen) atoms. The zero-order valence-electron chi connectivity index (χ0n) is 11.5. The molecule has 0 spiro atoms. The summed E-state index contributed by atoms with van der Waals surface area (Å²) in [6, 6.07) is 4.66. The predicted octanol–water partition coefficient (Wildman–Crippen LogP) is 2.20. The molecule has 6 nitrogen and oxygen atoms in total. The van der Waals surface area contributed by atoms with E-state index in [1.165, 1.54) is 6.07 Å². The van der Waals surface area contributed by atoms with Gasteiger partial charge in [-0.05, 0) is 19.4 Å². The minimum atomic E-state index is -0.454. The summed E-state index contributed by atoms with van der Waals surface area (Å²) >= 11 is 0. The van der Waals surface area contributed by atoms with Crippen molar-refractivity contribution in [3.05, 3.63) is 28.3 Å². The summed E-state index contributed by atoms with van der Waals surface area (Å²) in [5, 5.41) is 20.1. The van der Waals surface area contributed by atoms with E-state index in [1.54, 1.807) is 12.1 Å². The summed E-state index contributed by atoms with van der Waals surface area (Å²) in [6.45, 7) is 4.26. The minimum absolute atomic E-state index is 0.0125. The highest BCUT2D eigenvalue weighted by molar-refractivity contribution is 5.59. The first kappa shape index (κ1) is 15.2. The first-order chi connectivity index (χ1) is 9.01. The second-order valence-corrected chi connectivity index (χ2v) is 4.40. The van der Waals surface area contributed by atoms with Gasteiger partial charge in [0.2, 0.25) is 0 Å². The van der Waals surface area contributed by atoms with Crippen molar-refractivity contribution in [3.8, 4) is 5.75 Å². The van der Waals surface area contributed by atoms with Crippen LogP contribution < -0.4 is 9.64 Å². The number of aliphatic hydroxyl groups is 1. The summed E-state index contributed by atoms with van der Waals surface area (Å²) in [6.07, 6.45) is 0.782. The van der Waals surface area contributed by atoms with Crippen LogP contribution in [0.1, 0.15) is 20.3 Å². The van der Waals surface area contributed by atoms with E-state index in [0.29, 0.717) is 6.61 Å². The fraction of sp³-hybridized carbons (Fsp3) is 0.538. The van der Waals surface area contributed by atoms with Crippen LogP contribution in [0.4, 0.5) is 11.4 Å². The maximum atomic E-state index is 10.9. The average molecular weight is 268 g/mol. The highest BCUT2D eigenvalue weighted by Gasteiger charge is 2.18. The standard InChI is InChI=1S/C13H20N2O4/c1-4-7-19-13-8-11(14(3)10(2)9-16)5-6-12(13)15(17)18/h5-6,8,10,16H,4,7,9H2,1-3H3. The van der Waals surface area contributed by atoms with Gasteiger partial charge >= 0.3 is 5.69 Å². The number of rotatable bonds is 7. The van der Waals surface area contributed by atoms with Crippen LogP contribution in [-0.4, -0.2) is 36.3 Å². The van der Waals surface area contributed by atoms with Crippen LogP contribution in [0.3, 0.4) is 0 Å². The van der Waals surface area contributed by atoms with E-state index in [4.69, 9.17) is 9.84 Å². The lowest BCUT2D eigenvalue weighted by atomic mass is 10.2. The Kier molecular flexibility index (Phi) is 5.57. The molecule has 1 aromatic carbocycles. The van der Waals surface area contributed by atoms with Crippen molar-refractivity contribution < 1.29 is 14.8 Å². The van der Waals surface area contributed by atoms with Gasteiger partial charge in [0, 0.05) is 30.9 Å². The fourth-order valence-corrected chi connectivity index (χ4v) is 1.58. The van der Waals surface area contributed by atoms with Gasteiger partial charge in [0.25, 0.3) is 0 Å². The third kappa shape index (κ3) is 3.82. The number of aliphatic hydroxyl groups excluding tert-OH is 1. The molecule has 0 saturated carbocycles. The highest BCUT2D eigenvalue weighted by Crippen LogP contribution is 2.32. The van der Waals surface area contributed by atoms with Gasteiger partial charge in [-0.15, -0.1) is 0 Å². The van der Waals surface area contributed by atoms with Gasteiger partial charge in [-0.2, -0.15) is 0 Å². The third-order valence-electron chi connectivity index (χ3n) is 2.93. The molecule has 6 heteroatoms. The molecule has 0 saturated heterocycles. The van der Waals surface area contributed by atoms with E-state index in [-0.39, 0.29) is 24.1 Å². The molecule has 0 aliphatic heterocycles. The monoisotopic (exact) mass is 268 g/mol. The Morgan fingerprint density at radius 3 is 2.74 bits per heavy atom. The van der Waals surface area contributed by atoms with E-state index in [0.717, 1.165) is 12.1 Å². The van der Waals surface area contributed by atoms with Crippen LogP contribution in [0.5, 0.6) is 5.75 Å². The molecule has 1 aromatic rings. The maximum Gasteiger partial charge on any atom is 0.311 e. The lowest BCUT2D eigenvalue weighted by molar-refractivity contribution is -0.385. The largest absolute Gasteiger partial charge is 0.487 e. The molecular formula is C13H20N2O4. The molecular weight excluding hydrogens is 248 g/mol. The Morgan fingerprint density at radius 2 is 2.21 bits per heavy atom. The SMILES string of the molecule is CCCOc1cc(N(C)C(C)CO)ccc1[N+](=O)[O-]. The zero-order chi connectivity index (χ0) is 14.4. The lowest BCUT2D eigenvalue weighted by Gasteiger charge is -2.25. The van der Waals surface area contributed by atoms with Gasteiger partial charge in [0.1, 0.15) is 0 Å². The first-order valence-electron chi connectivity index (χ1n) is 6.26. The van der Waals surface area contributed by atoms with Crippen molar-refractivity contribution in [2.24, 2.45) is 0 Å². The predicted molar refractivity (Wildman–Crippen MR) is 73.8 cm³/mol. The van der Waals surface area contributed by atoms with E-state index >= 15 is 0 Å².